The van der Waals surface area contributed by atoms with Crippen LogP contribution in [0.1, 0.15) is 55.4 Å². The second-order valence-corrected chi connectivity index (χ2v) is 11.4. The lowest BCUT2D eigenvalue weighted by Crippen LogP contribution is -2.56. The van der Waals surface area contributed by atoms with Crippen molar-refractivity contribution in [3.05, 3.63) is 12.7 Å². The van der Waals surface area contributed by atoms with Crippen LogP contribution in [0.2, 0.25) is 6.04 Å². The van der Waals surface area contributed by atoms with Gasteiger partial charge in [-0.15, -0.1) is 6.58 Å². The summed E-state index contributed by atoms with van der Waals surface area (Å²) in [5, 5.41) is 0. The van der Waals surface area contributed by atoms with Crippen molar-refractivity contribution in [2.75, 3.05) is 26.2 Å². The molecule has 0 rings (SSSR count). The molecule has 22 heavy (non-hydrogen) atoms. The molecule has 0 aromatic heterocycles. The van der Waals surface area contributed by atoms with Crippen molar-refractivity contribution in [1.29, 1.82) is 0 Å². The highest BCUT2D eigenvalue weighted by Gasteiger charge is 2.28. The number of nitrogens with zero attached hydrogens (tertiary/aromatic N) is 2. The normalized spacial score (nSPS) is 12.9. The maximum absolute atomic E-state index is 4.06. The van der Waals surface area contributed by atoms with Crippen LogP contribution in [0.4, 0.5) is 0 Å². The lowest BCUT2D eigenvalue weighted by atomic mass is 10.2. The topological polar surface area (TPSA) is 6.48 Å². The zero-order valence-electron chi connectivity index (χ0n) is 16.6. The van der Waals surface area contributed by atoms with Gasteiger partial charge in [0.15, 0.2) is 9.12 Å². The first-order valence-electron chi connectivity index (χ1n) is 9.26. The van der Waals surface area contributed by atoms with Gasteiger partial charge in [-0.2, -0.15) is 0 Å². The fourth-order valence-corrected chi connectivity index (χ4v) is 7.21. The minimum atomic E-state index is -1.14. The SMILES string of the molecule is C=CC[SiH](N(CC(C)C)CC(C)C)N(CC(C)C)CC(C)C. The Morgan fingerprint density at radius 2 is 0.955 bits per heavy atom. The van der Waals surface area contributed by atoms with Crippen molar-refractivity contribution in [2.24, 2.45) is 23.7 Å². The molecule has 0 amide bonds. The molecule has 0 unspecified atom stereocenters. The predicted octanol–water partition coefficient (Wildman–Crippen LogP) is 4.62. The number of allylic oxidation sites excluding steroid dienone is 1. The second-order valence-electron chi connectivity index (χ2n) is 8.49. The average molecular weight is 327 g/mol. The minimum absolute atomic E-state index is 0.735. The molecule has 0 saturated heterocycles. The molecular formula is C19H42N2Si. The summed E-state index contributed by atoms with van der Waals surface area (Å²) in [5.74, 6) is 2.94. The quantitative estimate of drug-likeness (QED) is 0.381. The molecular weight excluding hydrogens is 284 g/mol. The predicted molar refractivity (Wildman–Crippen MR) is 105 cm³/mol. The molecule has 132 valence electrons. The zero-order valence-corrected chi connectivity index (χ0v) is 17.8. The maximum Gasteiger partial charge on any atom is 0.193 e. The molecule has 0 fully saturated rings. The van der Waals surface area contributed by atoms with E-state index in [1.54, 1.807) is 0 Å². The molecule has 0 aliphatic carbocycles. The van der Waals surface area contributed by atoms with Gasteiger partial charge < -0.3 is 9.13 Å². The van der Waals surface area contributed by atoms with E-state index in [0.29, 0.717) is 0 Å². The van der Waals surface area contributed by atoms with E-state index in [-0.39, 0.29) is 0 Å². The molecule has 0 aromatic rings. The molecule has 0 atom stereocenters. The summed E-state index contributed by atoms with van der Waals surface area (Å²) in [7, 11) is -1.14. The minimum Gasteiger partial charge on any atom is -0.313 e. The molecule has 3 heteroatoms. The first-order chi connectivity index (χ1) is 10.2. The summed E-state index contributed by atoms with van der Waals surface area (Å²) in [6.45, 7) is 27.8. The Bertz CT molecular complexity index is 243. The summed E-state index contributed by atoms with van der Waals surface area (Å²) in [6.07, 6.45) is 2.16. The van der Waals surface area contributed by atoms with Gasteiger partial charge in [0.2, 0.25) is 0 Å². The summed E-state index contributed by atoms with van der Waals surface area (Å²) in [4.78, 5) is 0. The van der Waals surface area contributed by atoms with Gasteiger partial charge in [0.25, 0.3) is 0 Å². The fraction of sp³-hybridized carbons (Fsp3) is 0.895. The van der Waals surface area contributed by atoms with Crippen LogP contribution in [0.5, 0.6) is 0 Å². The van der Waals surface area contributed by atoms with E-state index in [2.05, 4.69) is 77.2 Å². The molecule has 0 aromatic carbocycles. The molecule has 0 spiro atoms. The van der Waals surface area contributed by atoms with Crippen molar-refractivity contribution >= 4 is 9.12 Å². The average Bonchev–Trinajstić information content (AvgIpc) is 2.31. The summed E-state index contributed by atoms with van der Waals surface area (Å²) < 4.78 is 5.67. The molecule has 0 bridgehead atoms. The van der Waals surface area contributed by atoms with E-state index in [0.717, 1.165) is 23.7 Å². The Hall–Kier alpha value is -0.123. The zero-order chi connectivity index (χ0) is 17.3. The number of rotatable bonds is 12. The molecule has 0 N–H and O–H groups in total. The first kappa shape index (κ1) is 21.9. The van der Waals surface area contributed by atoms with Gasteiger partial charge in [0.05, 0.1) is 0 Å². The molecule has 0 heterocycles. The van der Waals surface area contributed by atoms with Crippen LogP contribution < -0.4 is 0 Å². The van der Waals surface area contributed by atoms with Crippen molar-refractivity contribution in [3.63, 3.8) is 0 Å². The third kappa shape index (κ3) is 9.81. The molecule has 0 radical (unpaired) electrons. The van der Waals surface area contributed by atoms with Crippen LogP contribution in [0.3, 0.4) is 0 Å². The van der Waals surface area contributed by atoms with Crippen molar-refractivity contribution in [2.45, 2.75) is 61.4 Å². The van der Waals surface area contributed by atoms with Gasteiger partial charge in [-0.05, 0) is 55.9 Å². The summed E-state index contributed by atoms with van der Waals surface area (Å²) in [5.41, 5.74) is 0. The van der Waals surface area contributed by atoms with E-state index in [9.17, 15) is 0 Å². The highest BCUT2D eigenvalue weighted by Crippen LogP contribution is 2.16. The molecule has 2 nitrogen and oxygen atoms in total. The van der Waals surface area contributed by atoms with Crippen molar-refractivity contribution in [3.8, 4) is 0 Å². The number of hydrogen-bond donors (Lipinski definition) is 0. The smallest absolute Gasteiger partial charge is 0.193 e. The standard InChI is InChI=1S/C19H42N2Si/c1-10-11-22(20(12-16(2)3)13-17(4)5)21(14-18(6)7)15-19(8)9/h10,16-19,22H,1,11-15H2,2-9H3. The highest BCUT2D eigenvalue weighted by atomic mass is 28.3. The Kier molecular flexibility index (Phi) is 11.4. The summed E-state index contributed by atoms with van der Waals surface area (Å²) >= 11 is 0. The summed E-state index contributed by atoms with van der Waals surface area (Å²) in [6, 6.07) is 1.19. The van der Waals surface area contributed by atoms with Gasteiger partial charge in [-0.1, -0.05) is 61.5 Å². The Balaban J connectivity index is 5.28. The molecule has 0 aliphatic rings. The van der Waals surface area contributed by atoms with E-state index >= 15 is 0 Å². The second kappa shape index (κ2) is 11.4. The van der Waals surface area contributed by atoms with Crippen LogP contribution in [0.25, 0.3) is 0 Å². The highest BCUT2D eigenvalue weighted by molar-refractivity contribution is 6.53. The largest absolute Gasteiger partial charge is 0.313 e. The first-order valence-corrected chi connectivity index (χ1v) is 11.1. The van der Waals surface area contributed by atoms with Crippen LogP contribution in [-0.4, -0.2) is 44.4 Å². The maximum atomic E-state index is 4.06. The monoisotopic (exact) mass is 326 g/mol. The lowest BCUT2D eigenvalue weighted by Gasteiger charge is -2.41. The van der Waals surface area contributed by atoms with E-state index < -0.39 is 9.12 Å². The van der Waals surface area contributed by atoms with Gasteiger partial charge in [0.1, 0.15) is 0 Å². The molecule has 0 saturated carbocycles. The van der Waals surface area contributed by atoms with Crippen molar-refractivity contribution in [1.82, 2.24) is 9.13 Å². The van der Waals surface area contributed by atoms with E-state index in [4.69, 9.17) is 0 Å². The third-order valence-electron chi connectivity index (χ3n) is 3.62. The Morgan fingerprint density at radius 1 is 0.682 bits per heavy atom. The van der Waals surface area contributed by atoms with E-state index in [1.165, 1.54) is 32.2 Å². The van der Waals surface area contributed by atoms with Gasteiger partial charge in [0, 0.05) is 0 Å². The lowest BCUT2D eigenvalue weighted by molar-refractivity contribution is 0.267. The van der Waals surface area contributed by atoms with Crippen LogP contribution in [-0.2, 0) is 0 Å². The Morgan fingerprint density at radius 3 is 1.14 bits per heavy atom. The van der Waals surface area contributed by atoms with E-state index in [1.807, 2.05) is 0 Å². The van der Waals surface area contributed by atoms with Crippen LogP contribution in [0, 0.1) is 23.7 Å². The van der Waals surface area contributed by atoms with Crippen LogP contribution >= 0.6 is 0 Å². The Labute approximate surface area is 142 Å². The number of hydrogen-bond acceptors (Lipinski definition) is 2. The van der Waals surface area contributed by atoms with Crippen LogP contribution in [0.15, 0.2) is 12.7 Å². The third-order valence-corrected chi connectivity index (χ3v) is 6.90. The van der Waals surface area contributed by atoms with Crippen molar-refractivity contribution < 1.29 is 0 Å². The van der Waals surface area contributed by atoms with Gasteiger partial charge >= 0.3 is 0 Å². The molecule has 0 aliphatic heterocycles. The van der Waals surface area contributed by atoms with Gasteiger partial charge in [-0.25, -0.2) is 0 Å². The van der Waals surface area contributed by atoms with Gasteiger partial charge in [-0.3, -0.25) is 0 Å². The fourth-order valence-electron chi connectivity index (χ4n) is 3.19.